The Morgan fingerprint density at radius 3 is 2.65 bits per heavy atom. The summed E-state index contributed by atoms with van der Waals surface area (Å²) in [4.78, 5) is 17.8. The quantitative estimate of drug-likeness (QED) is 0.483. The minimum Gasteiger partial charge on any atom is -0.421 e. The summed E-state index contributed by atoms with van der Waals surface area (Å²) in [6.07, 6.45) is 0. The van der Waals surface area contributed by atoms with Crippen LogP contribution < -0.4 is 10.1 Å². The maximum absolute atomic E-state index is 10.4. The van der Waals surface area contributed by atoms with Crippen molar-refractivity contribution in [1.29, 1.82) is 0 Å². The van der Waals surface area contributed by atoms with Gasteiger partial charge in [-0.15, -0.1) is 0 Å². The number of nitrogens with zero attached hydrogens (tertiary/aromatic N) is 2. The van der Waals surface area contributed by atoms with Gasteiger partial charge in [0.05, 0.1) is 12.1 Å². The predicted octanol–water partition coefficient (Wildman–Crippen LogP) is 1.50. The average Bonchev–Trinajstić information content (AvgIpc) is 2.23. The molecule has 6 nitrogen and oxygen atoms in total. The monoisotopic (exact) mass is 279 g/mol. The highest BCUT2D eigenvalue weighted by Gasteiger charge is 2.22. The van der Waals surface area contributed by atoms with Crippen LogP contribution in [0, 0.1) is 0 Å². The van der Waals surface area contributed by atoms with Crippen LogP contribution in [0.4, 0.5) is 5.82 Å². The number of carbonyl (C=O) groups is 1. The molecule has 0 aliphatic heterocycles. The third-order valence-corrected chi connectivity index (χ3v) is 2.24. The van der Waals surface area contributed by atoms with Gasteiger partial charge in [0.25, 0.3) is 6.47 Å². The van der Waals surface area contributed by atoms with Crippen molar-refractivity contribution in [1.82, 2.24) is 9.97 Å². The molecule has 0 spiro atoms. The smallest absolute Gasteiger partial charge is 0.298 e. The number of carbonyl (C=O) groups excluding carboxylic acids is 1. The van der Waals surface area contributed by atoms with Crippen LogP contribution in [0.5, 0.6) is 5.75 Å². The lowest BCUT2D eigenvalue weighted by atomic mass is 10.1. The van der Waals surface area contributed by atoms with Gasteiger partial charge in [-0.25, -0.2) is 4.98 Å². The molecule has 0 atom stereocenters. The highest BCUT2D eigenvalue weighted by atomic mass is 35.5. The Labute approximate surface area is 108 Å². The maximum atomic E-state index is 10.4. The fraction of sp³-hybridized carbons (Fsp3) is 0.444. The van der Waals surface area contributed by atoms with Crippen LogP contribution in [0.1, 0.15) is 13.8 Å². The zero-order chi connectivity index (χ0) is 13.1. The summed E-state index contributed by atoms with van der Waals surface area (Å²) in [5, 5.41) is 11.8. The van der Waals surface area contributed by atoms with Crippen molar-refractivity contribution in [3.8, 4) is 5.75 Å². The Morgan fingerprint density at radius 1 is 1.47 bits per heavy atom. The molecule has 8 heteroatoms. The molecule has 0 radical (unpaired) electrons. The number of aliphatic hydroxyl groups is 1. The lowest BCUT2D eigenvalue weighted by molar-refractivity contribution is -0.120. The average molecular weight is 280 g/mol. The van der Waals surface area contributed by atoms with Crippen molar-refractivity contribution in [2.45, 2.75) is 19.4 Å². The van der Waals surface area contributed by atoms with Gasteiger partial charge < -0.3 is 15.2 Å². The van der Waals surface area contributed by atoms with E-state index < -0.39 is 5.54 Å². The van der Waals surface area contributed by atoms with E-state index in [2.05, 4.69) is 20.0 Å². The minimum absolute atomic E-state index is 0.0346. The molecule has 94 valence electrons. The molecule has 0 aromatic carbocycles. The van der Waals surface area contributed by atoms with Crippen molar-refractivity contribution in [2.24, 2.45) is 0 Å². The molecular weight excluding hydrogens is 269 g/mol. The number of aromatic nitrogens is 2. The Bertz CT molecular complexity index is 426. The Morgan fingerprint density at radius 2 is 2.12 bits per heavy atom. The van der Waals surface area contributed by atoms with Crippen LogP contribution in [0.15, 0.2) is 0 Å². The number of rotatable bonds is 5. The van der Waals surface area contributed by atoms with E-state index >= 15 is 0 Å². The normalized spacial score (nSPS) is 11.1. The first-order chi connectivity index (χ1) is 7.89. The number of halogens is 2. The first-order valence-electron chi connectivity index (χ1n) is 4.62. The Balaban J connectivity index is 3.16. The molecule has 0 aliphatic rings. The van der Waals surface area contributed by atoms with Gasteiger partial charge in [-0.2, -0.15) is 4.98 Å². The van der Waals surface area contributed by atoms with E-state index in [0.29, 0.717) is 0 Å². The van der Waals surface area contributed by atoms with E-state index in [0.717, 1.165) is 0 Å². The number of ether oxygens (including phenoxy) is 1. The molecule has 1 rings (SSSR count). The van der Waals surface area contributed by atoms with Gasteiger partial charge in [0, 0.05) is 0 Å². The summed E-state index contributed by atoms with van der Waals surface area (Å²) < 4.78 is 4.67. The first kappa shape index (κ1) is 14.0. The third-order valence-electron chi connectivity index (χ3n) is 1.81. The third kappa shape index (κ3) is 3.69. The standard InChI is InChI=1S/C9H11Cl2N3O3/c1-9(2,3-15)14-7-5(17-4-16)6(10)12-8(11)13-7/h4,15H,3H2,1-2H3,(H,12,13,14). The molecule has 2 N–H and O–H groups in total. The second kappa shape index (κ2) is 5.48. The number of hydrogen-bond donors (Lipinski definition) is 2. The fourth-order valence-corrected chi connectivity index (χ4v) is 1.42. The second-order valence-corrected chi connectivity index (χ2v) is 4.54. The molecule has 0 aliphatic carbocycles. The highest BCUT2D eigenvalue weighted by molar-refractivity contribution is 6.33. The van der Waals surface area contributed by atoms with Gasteiger partial charge in [-0.05, 0) is 25.4 Å². The molecule has 0 fully saturated rings. The summed E-state index contributed by atoms with van der Waals surface area (Å²) in [6, 6.07) is 0. The van der Waals surface area contributed by atoms with E-state index in [9.17, 15) is 4.79 Å². The van der Waals surface area contributed by atoms with Crippen molar-refractivity contribution in [3.05, 3.63) is 10.4 Å². The van der Waals surface area contributed by atoms with Gasteiger partial charge in [0.1, 0.15) is 0 Å². The lowest BCUT2D eigenvalue weighted by Crippen LogP contribution is -2.35. The number of nitrogens with one attached hydrogen (secondary N) is 1. The maximum Gasteiger partial charge on any atom is 0.298 e. The molecule has 1 heterocycles. The van der Waals surface area contributed by atoms with Crippen molar-refractivity contribution >= 4 is 35.5 Å². The number of anilines is 1. The van der Waals surface area contributed by atoms with Crippen LogP contribution in [0.25, 0.3) is 0 Å². The van der Waals surface area contributed by atoms with E-state index in [4.69, 9.17) is 28.3 Å². The van der Waals surface area contributed by atoms with E-state index in [-0.39, 0.29) is 35.1 Å². The Kier molecular flexibility index (Phi) is 4.50. The van der Waals surface area contributed by atoms with E-state index in [1.165, 1.54) is 0 Å². The SMILES string of the molecule is CC(C)(CO)Nc1nc(Cl)nc(Cl)c1OC=O. The number of aliphatic hydroxyl groups excluding tert-OH is 1. The van der Waals surface area contributed by atoms with Crippen molar-refractivity contribution < 1.29 is 14.6 Å². The first-order valence-corrected chi connectivity index (χ1v) is 5.37. The summed E-state index contributed by atoms with van der Waals surface area (Å²) in [6.45, 7) is 3.49. The van der Waals surface area contributed by atoms with Crippen LogP contribution in [-0.2, 0) is 4.79 Å². The van der Waals surface area contributed by atoms with Crippen LogP contribution >= 0.6 is 23.2 Å². The highest BCUT2D eigenvalue weighted by Crippen LogP contribution is 2.32. The topological polar surface area (TPSA) is 84.3 Å². The zero-order valence-corrected chi connectivity index (χ0v) is 10.7. The van der Waals surface area contributed by atoms with Crippen LogP contribution in [0.3, 0.4) is 0 Å². The largest absolute Gasteiger partial charge is 0.421 e. The van der Waals surface area contributed by atoms with Crippen molar-refractivity contribution in [2.75, 3.05) is 11.9 Å². The van der Waals surface area contributed by atoms with Gasteiger partial charge in [0.15, 0.2) is 11.0 Å². The molecule has 0 bridgehead atoms. The van der Waals surface area contributed by atoms with Gasteiger partial charge >= 0.3 is 0 Å². The molecule has 17 heavy (non-hydrogen) atoms. The molecule has 0 amide bonds. The van der Waals surface area contributed by atoms with Crippen molar-refractivity contribution in [3.63, 3.8) is 0 Å². The summed E-state index contributed by atoms with van der Waals surface area (Å²) in [5.74, 6) is 0.105. The second-order valence-electron chi connectivity index (χ2n) is 3.84. The van der Waals surface area contributed by atoms with Gasteiger partial charge in [0.2, 0.25) is 11.0 Å². The molecule has 0 saturated carbocycles. The molecule has 1 aromatic heterocycles. The zero-order valence-electron chi connectivity index (χ0n) is 9.20. The van der Waals surface area contributed by atoms with E-state index in [1.54, 1.807) is 13.8 Å². The predicted molar refractivity (Wildman–Crippen MR) is 63.5 cm³/mol. The van der Waals surface area contributed by atoms with Crippen LogP contribution in [-0.4, -0.2) is 33.7 Å². The van der Waals surface area contributed by atoms with Gasteiger partial charge in [-0.1, -0.05) is 11.6 Å². The van der Waals surface area contributed by atoms with Gasteiger partial charge in [-0.3, -0.25) is 4.79 Å². The Hall–Kier alpha value is -1.11. The lowest BCUT2D eigenvalue weighted by Gasteiger charge is -2.25. The summed E-state index contributed by atoms with van der Waals surface area (Å²) in [5.41, 5.74) is -0.679. The molecule has 1 aromatic rings. The van der Waals surface area contributed by atoms with E-state index in [1.807, 2.05) is 0 Å². The molecular formula is C9H11Cl2N3O3. The number of hydrogen-bond acceptors (Lipinski definition) is 6. The molecule has 0 unspecified atom stereocenters. The van der Waals surface area contributed by atoms with Crippen LogP contribution in [0.2, 0.25) is 10.4 Å². The summed E-state index contributed by atoms with van der Waals surface area (Å²) >= 11 is 11.4. The molecule has 0 saturated heterocycles. The fourth-order valence-electron chi connectivity index (χ4n) is 0.995. The minimum atomic E-state index is -0.679. The summed E-state index contributed by atoms with van der Waals surface area (Å²) in [7, 11) is 0.